The molecular weight excluding hydrogens is 236 g/mol. The van der Waals surface area contributed by atoms with E-state index in [2.05, 4.69) is 0 Å². The molecule has 0 bridgehead atoms. The first-order valence-corrected chi connectivity index (χ1v) is 6.13. The van der Waals surface area contributed by atoms with E-state index >= 15 is 0 Å². The van der Waals surface area contributed by atoms with Gasteiger partial charge in [-0.2, -0.15) is 0 Å². The Kier molecular flexibility index (Phi) is 4.21. The Morgan fingerprint density at radius 2 is 1.76 bits per heavy atom. The van der Waals surface area contributed by atoms with Crippen LogP contribution in [0.2, 0.25) is 0 Å². The van der Waals surface area contributed by atoms with Gasteiger partial charge in [0.2, 0.25) is 0 Å². The SMILES string of the molecule is COc1c(C)cc(C(=O)C(C)(C)CCl)cc1C. The monoisotopic (exact) mass is 254 g/mol. The number of ketones is 1. The molecule has 1 rings (SSSR count). The molecule has 0 radical (unpaired) electrons. The van der Waals surface area contributed by atoms with Gasteiger partial charge in [-0.25, -0.2) is 0 Å². The molecule has 2 nitrogen and oxygen atoms in total. The van der Waals surface area contributed by atoms with E-state index in [-0.39, 0.29) is 5.78 Å². The van der Waals surface area contributed by atoms with E-state index in [1.165, 1.54) is 0 Å². The van der Waals surface area contributed by atoms with Crippen molar-refractivity contribution in [2.24, 2.45) is 5.41 Å². The summed E-state index contributed by atoms with van der Waals surface area (Å²) in [7, 11) is 1.64. The molecule has 0 fully saturated rings. The van der Waals surface area contributed by atoms with Crippen molar-refractivity contribution in [1.82, 2.24) is 0 Å². The van der Waals surface area contributed by atoms with Crippen LogP contribution >= 0.6 is 11.6 Å². The van der Waals surface area contributed by atoms with Crippen LogP contribution < -0.4 is 4.74 Å². The molecule has 0 heterocycles. The first kappa shape index (κ1) is 14.0. The molecule has 0 aliphatic rings. The second kappa shape index (κ2) is 5.09. The van der Waals surface area contributed by atoms with Crippen molar-refractivity contribution < 1.29 is 9.53 Å². The van der Waals surface area contributed by atoms with E-state index in [4.69, 9.17) is 16.3 Å². The van der Waals surface area contributed by atoms with E-state index in [1.54, 1.807) is 7.11 Å². The molecule has 0 spiro atoms. The molecule has 0 aromatic heterocycles. The van der Waals surface area contributed by atoms with E-state index < -0.39 is 5.41 Å². The number of ether oxygens (including phenoxy) is 1. The molecule has 3 heteroatoms. The Bertz CT molecular complexity index is 413. The third-order valence-electron chi connectivity index (χ3n) is 2.88. The molecule has 0 N–H and O–H groups in total. The Morgan fingerprint density at radius 3 is 2.12 bits per heavy atom. The number of carbonyl (C=O) groups is 1. The maximum Gasteiger partial charge on any atom is 0.169 e. The van der Waals surface area contributed by atoms with Crippen molar-refractivity contribution >= 4 is 17.4 Å². The number of methoxy groups -OCH3 is 1. The molecule has 0 aliphatic heterocycles. The van der Waals surface area contributed by atoms with E-state index in [9.17, 15) is 4.79 Å². The summed E-state index contributed by atoms with van der Waals surface area (Å²) in [6.45, 7) is 7.60. The first-order valence-electron chi connectivity index (χ1n) is 5.59. The molecule has 0 saturated heterocycles. The average Bonchev–Trinajstić information content (AvgIpc) is 2.27. The fourth-order valence-corrected chi connectivity index (χ4v) is 1.98. The second-order valence-corrected chi connectivity index (χ2v) is 5.26. The number of aryl methyl sites for hydroxylation is 2. The van der Waals surface area contributed by atoms with Gasteiger partial charge in [-0.1, -0.05) is 13.8 Å². The lowest BCUT2D eigenvalue weighted by molar-refractivity contribution is 0.0862. The van der Waals surface area contributed by atoms with Crippen LogP contribution in [0.15, 0.2) is 12.1 Å². The molecule has 0 amide bonds. The van der Waals surface area contributed by atoms with E-state index in [0.29, 0.717) is 11.4 Å². The highest BCUT2D eigenvalue weighted by atomic mass is 35.5. The second-order valence-electron chi connectivity index (χ2n) is 4.99. The molecule has 0 atom stereocenters. The van der Waals surface area contributed by atoms with Gasteiger partial charge in [-0.05, 0) is 37.1 Å². The van der Waals surface area contributed by atoms with Gasteiger partial charge >= 0.3 is 0 Å². The highest BCUT2D eigenvalue weighted by molar-refractivity contribution is 6.21. The summed E-state index contributed by atoms with van der Waals surface area (Å²) < 4.78 is 5.29. The first-order chi connectivity index (χ1) is 7.83. The quantitative estimate of drug-likeness (QED) is 0.604. The number of benzene rings is 1. The summed E-state index contributed by atoms with van der Waals surface area (Å²) >= 11 is 5.83. The lowest BCUT2D eigenvalue weighted by atomic mass is 9.85. The fraction of sp³-hybridized carbons (Fsp3) is 0.500. The smallest absolute Gasteiger partial charge is 0.169 e. The van der Waals surface area contributed by atoms with Gasteiger partial charge in [0, 0.05) is 16.9 Å². The number of carbonyl (C=O) groups excluding carboxylic acids is 1. The van der Waals surface area contributed by atoms with E-state index in [1.807, 2.05) is 39.8 Å². The Morgan fingerprint density at radius 1 is 1.29 bits per heavy atom. The lowest BCUT2D eigenvalue weighted by Crippen LogP contribution is -2.26. The summed E-state index contributed by atoms with van der Waals surface area (Å²) in [6.07, 6.45) is 0. The molecule has 0 aliphatic carbocycles. The van der Waals surface area contributed by atoms with Crippen molar-refractivity contribution in [3.05, 3.63) is 28.8 Å². The van der Waals surface area contributed by atoms with Gasteiger partial charge < -0.3 is 4.74 Å². The van der Waals surface area contributed by atoms with Crippen LogP contribution in [0.3, 0.4) is 0 Å². The minimum Gasteiger partial charge on any atom is -0.496 e. The van der Waals surface area contributed by atoms with Gasteiger partial charge in [0.25, 0.3) is 0 Å². The van der Waals surface area contributed by atoms with Gasteiger partial charge in [-0.3, -0.25) is 4.79 Å². The molecule has 0 saturated carbocycles. The third kappa shape index (κ3) is 2.81. The maximum atomic E-state index is 12.3. The predicted molar refractivity (Wildman–Crippen MR) is 71.3 cm³/mol. The largest absolute Gasteiger partial charge is 0.496 e. The van der Waals surface area contributed by atoms with Crippen LogP contribution in [-0.4, -0.2) is 18.8 Å². The molecule has 0 unspecified atom stereocenters. The number of rotatable bonds is 4. The number of halogens is 1. The summed E-state index contributed by atoms with van der Waals surface area (Å²) in [5.41, 5.74) is 2.11. The van der Waals surface area contributed by atoms with E-state index in [0.717, 1.165) is 16.9 Å². The number of hydrogen-bond acceptors (Lipinski definition) is 2. The van der Waals surface area contributed by atoms with Crippen molar-refractivity contribution in [2.75, 3.05) is 13.0 Å². The minimum absolute atomic E-state index is 0.0707. The van der Waals surface area contributed by atoms with Crippen molar-refractivity contribution in [3.63, 3.8) is 0 Å². The zero-order valence-corrected chi connectivity index (χ0v) is 11.8. The van der Waals surface area contributed by atoms with Crippen LogP contribution in [0.4, 0.5) is 0 Å². The highest BCUT2D eigenvalue weighted by Gasteiger charge is 2.28. The lowest BCUT2D eigenvalue weighted by Gasteiger charge is -2.21. The van der Waals surface area contributed by atoms with Gasteiger partial charge in [0.05, 0.1) is 7.11 Å². The third-order valence-corrected chi connectivity index (χ3v) is 3.54. The molecule has 17 heavy (non-hydrogen) atoms. The minimum atomic E-state index is -0.533. The number of Topliss-reactive ketones (excluding diaryl/α,β-unsaturated/α-hetero) is 1. The molecule has 1 aromatic rings. The summed E-state index contributed by atoms with van der Waals surface area (Å²) in [5, 5.41) is 0. The van der Waals surface area contributed by atoms with Gasteiger partial charge in [-0.15, -0.1) is 11.6 Å². The zero-order valence-electron chi connectivity index (χ0n) is 11.1. The highest BCUT2D eigenvalue weighted by Crippen LogP contribution is 2.29. The maximum absolute atomic E-state index is 12.3. The van der Waals surface area contributed by atoms with Crippen molar-refractivity contribution in [2.45, 2.75) is 27.7 Å². The molecule has 1 aromatic carbocycles. The Hall–Kier alpha value is -1.02. The number of alkyl halides is 1. The zero-order chi connectivity index (χ0) is 13.2. The van der Waals surface area contributed by atoms with Gasteiger partial charge in [0.1, 0.15) is 5.75 Å². The van der Waals surface area contributed by atoms with Crippen molar-refractivity contribution in [3.8, 4) is 5.75 Å². The van der Waals surface area contributed by atoms with Crippen LogP contribution in [0, 0.1) is 19.3 Å². The van der Waals surface area contributed by atoms with Gasteiger partial charge in [0.15, 0.2) is 5.78 Å². The average molecular weight is 255 g/mol. The number of hydrogen-bond donors (Lipinski definition) is 0. The van der Waals surface area contributed by atoms with Crippen LogP contribution in [0.1, 0.15) is 35.3 Å². The molecular formula is C14H19ClO2. The van der Waals surface area contributed by atoms with Crippen molar-refractivity contribution in [1.29, 1.82) is 0 Å². The summed E-state index contributed by atoms with van der Waals surface area (Å²) in [6, 6.07) is 3.73. The standard InChI is InChI=1S/C14H19ClO2/c1-9-6-11(7-10(2)12(9)17-5)13(16)14(3,4)8-15/h6-7H,8H2,1-5H3. The summed E-state index contributed by atoms with van der Waals surface area (Å²) in [4.78, 5) is 12.3. The summed E-state index contributed by atoms with van der Waals surface area (Å²) in [5.74, 6) is 1.22. The molecule has 94 valence electrons. The fourth-order valence-electron chi connectivity index (χ4n) is 1.85. The van der Waals surface area contributed by atoms with Crippen LogP contribution in [0.5, 0.6) is 5.75 Å². The normalized spacial score (nSPS) is 11.4. The Balaban J connectivity index is 3.22. The topological polar surface area (TPSA) is 26.3 Å². The van der Waals surface area contributed by atoms with Crippen LogP contribution in [-0.2, 0) is 0 Å². The Labute approximate surface area is 108 Å². The predicted octanol–water partition coefficient (Wildman–Crippen LogP) is 3.76. The van der Waals surface area contributed by atoms with Crippen LogP contribution in [0.25, 0.3) is 0 Å².